The summed E-state index contributed by atoms with van der Waals surface area (Å²) in [4.78, 5) is 42.7. The fourth-order valence-corrected chi connectivity index (χ4v) is 4.66. The highest BCUT2D eigenvalue weighted by atomic mass is 32.2. The molecule has 1 aliphatic heterocycles. The maximum absolute atomic E-state index is 13.0. The van der Waals surface area contributed by atoms with E-state index in [-0.39, 0.29) is 24.1 Å². The van der Waals surface area contributed by atoms with Crippen molar-refractivity contribution in [3.8, 4) is 11.5 Å². The molecule has 4 aromatic rings. The highest BCUT2D eigenvalue weighted by Gasteiger charge is 2.21. The Bertz CT molecular complexity index is 1570. The van der Waals surface area contributed by atoms with Crippen molar-refractivity contribution in [2.75, 3.05) is 17.9 Å². The normalized spacial score (nSPS) is 12.3. The Morgan fingerprint density at radius 2 is 1.80 bits per heavy atom. The molecule has 0 fully saturated rings. The van der Waals surface area contributed by atoms with E-state index in [9.17, 15) is 14.4 Å². The third kappa shape index (κ3) is 4.30. The number of nitrogens with zero attached hydrogens (tertiary/aromatic N) is 4. The molecule has 1 aliphatic rings. The Morgan fingerprint density at radius 1 is 1.06 bits per heavy atom. The predicted molar refractivity (Wildman–Crippen MR) is 132 cm³/mol. The Kier molecular flexibility index (Phi) is 5.85. The zero-order valence-corrected chi connectivity index (χ0v) is 20.2. The number of hydrogen-bond donors (Lipinski definition) is 1. The van der Waals surface area contributed by atoms with Gasteiger partial charge < -0.3 is 19.4 Å². The molecule has 0 aliphatic carbocycles. The summed E-state index contributed by atoms with van der Waals surface area (Å²) in [5.41, 5.74) is 2.38. The SMILES string of the molecule is Cc1ccc(Cn2c(SCC(=O)Nc3ccc4c(c3)OCO4)nc3c2c(=O)n(C)c(=O)n3C)cc1. The molecule has 2 aromatic carbocycles. The monoisotopic (exact) mass is 493 g/mol. The number of aryl methyl sites for hydroxylation is 2. The molecule has 3 heterocycles. The van der Waals surface area contributed by atoms with Crippen LogP contribution in [0.1, 0.15) is 11.1 Å². The highest BCUT2D eigenvalue weighted by molar-refractivity contribution is 7.99. The zero-order chi connectivity index (χ0) is 24.7. The molecule has 5 rings (SSSR count). The molecule has 11 heteroatoms. The fourth-order valence-electron chi connectivity index (χ4n) is 3.86. The summed E-state index contributed by atoms with van der Waals surface area (Å²) in [6.45, 7) is 2.53. The number of rotatable bonds is 6. The average Bonchev–Trinajstić information content (AvgIpc) is 3.46. The summed E-state index contributed by atoms with van der Waals surface area (Å²) >= 11 is 1.20. The summed E-state index contributed by atoms with van der Waals surface area (Å²) in [6.07, 6.45) is 0. The molecule has 0 atom stereocenters. The molecule has 0 bridgehead atoms. The van der Waals surface area contributed by atoms with Gasteiger partial charge in [-0.15, -0.1) is 0 Å². The predicted octanol–water partition coefficient (Wildman–Crippen LogP) is 2.25. The molecule has 10 nitrogen and oxygen atoms in total. The molecule has 1 amide bonds. The largest absolute Gasteiger partial charge is 0.454 e. The van der Waals surface area contributed by atoms with Crippen molar-refractivity contribution in [2.24, 2.45) is 14.1 Å². The third-order valence-corrected chi connectivity index (χ3v) is 6.74. The standard InChI is InChI=1S/C24H23N5O5S/c1-14-4-6-15(7-5-14)11-29-20-21(27(2)24(32)28(3)22(20)31)26-23(29)35-12-19(30)25-16-8-9-17-18(10-16)34-13-33-17/h4-10H,11-13H2,1-3H3,(H,25,30). The van der Waals surface area contributed by atoms with Crippen LogP contribution in [0.4, 0.5) is 5.69 Å². The van der Waals surface area contributed by atoms with Crippen LogP contribution in [0.2, 0.25) is 0 Å². The fraction of sp³-hybridized carbons (Fsp3) is 0.250. The van der Waals surface area contributed by atoms with E-state index in [0.717, 1.165) is 15.7 Å². The Hall–Kier alpha value is -3.99. The van der Waals surface area contributed by atoms with Gasteiger partial charge in [0, 0.05) is 25.8 Å². The Morgan fingerprint density at radius 3 is 2.57 bits per heavy atom. The molecule has 0 saturated carbocycles. The lowest BCUT2D eigenvalue weighted by Gasteiger charge is -2.10. The van der Waals surface area contributed by atoms with Gasteiger partial charge in [-0.1, -0.05) is 41.6 Å². The molecule has 180 valence electrons. The maximum atomic E-state index is 13.0. The first-order valence-electron chi connectivity index (χ1n) is 10.9. The minimum atomic E-state index is -0.459. The number of aromatic nitrogens is 4. The quantitative estimate of drug-likeness (QED) is 0.410. The van der Waals surface area contributed by atoms with E-state index in [0.29, 0.717) is 34.4 Å². The van der Waals surface area contributed by atoms with Gasteiger partial charge in [0.15, 0.2) is 27.8 Å². The van der Waals surface area contributed by atoms with Crippen LogP contribution < -0.4 is 26.0 Å². The third-order valence-electron chi connectivity index (χ3n) is 5.76. The summed E-state index contributed by atoms with van der Waals surface area (Å²) in [5.74, 6) is 1.02. The topological polar surface area (TPSA) is 109 Å². The lowest BCUT2D eigenvalue weighted by atomic mass is 10.1. The van der Waals surface area contributed by atoms with Gasteiger partial charge in [0.05, 0.1) is 12.3 Å². The molecular formula is C24H23N5O5S. The number of carbonyl (C=O) groups excluding carboxylic acids is 1. The van der Waals surface area contributed by atoms with Crippen molar-refractivity contribution in [1.82, 2.24) is 18.7 Å². The van der Waals surface area contributed by atoms with Gasteiger partial charge in [0.25, 0.3) is 5.56 Å². The zero-order valence-electron chi connectivity index (χ0n) is 19.4. The van der Waals surface area contributed by atoms with E-state index in [2.05, 4.69) is 10.3 Å². The second kappa shape index (κ2) is 8.99. The molecular weight excluding hydrogens is 470 g/mol. The van der Waals surface area contributed by atoms with E-state index < -0.39 is 11.2 Å². The highest BCUT2D eigenvalue weighted by Crippen LogP contribution is 2.34. The van der Waals surface area contributed by atoms with Crippen molar-refractivity contribution >= 4 is 34.5 Å². The van der Waals surface area contributed by atoms with Crippen LogP contribution in [0.25, 0.3) is 11.2 Å². The minimum Gasteiger partial charge on any atom is -0.454 e. The van der Waals surface area contributed by atoms with E-state index in [4.69, 9.17) is 9.47 Å². The Balaban J connectivity index is 1.45. The smallest absolute Gasteiger partial charge is 0.332 e. The first-order chi connectivity index (χ1) is 16.8. The van der Waals surface area contributed by atoms with Gasteiger partial charge in [0.2, 0.25) is 12.7 Å². The molecule has 0 spiro atoms. The van der Waals surface area contributed by atoms with Crippen molar-refractivity contribution in [3.63, 3.8) is 0 Å². The number of anilines is 1. The molecule has 35 heavy (non-hydrogen) atoms. The molecule has 0 saturated heterocycles. The lowest BCUT2D eigenvalue weighted by Crippen LogP contribution is -2.37. The Labute approximate surface area is 204 Å². The van der Waals surface area contributed by atoms with E-state index in [1.807, 2.05) is 31.2 Å². The second-order valence-electron chi connectivity index (χ2n) is 8.25. The number of nitrogens with one attached hydrogen (secondary N) is 1. The van der Waals surface area contributed by atoms with Gasteiger partial charge in [-0.05, 0) is 24.6 Å². The molecule has 0 unspecified atom stereocenters. The van der Waals surface area contributed by atoms with Crippen LogP contribution in [-0.4, -0.2) is 37.1 Å². The number of hydrogen-bond acceptors (Lipinski definition) is 7. The van der Waals surface area contributed by atoms with Crippen molar-refractivity contribution in [3.05, 3.63) is 74.4 Å². The van der Waals surface area contributed by atoms with E-state index in [1.54, 1.807) is 29.8 Å². The van der Waals surface area contributed by atoms with Crippen molar-refractivity contribution < 1.29 is 14.3 Å². The van der Waals surface area contributed by atoms with Gasteiger partial charge in [-0.25, -0.2) is 9.78 Å². The molecule has 2 aromatic heterocycles. The summed E-state index contributed by atoms with van der Waals surface area (Å²) < 4.78 is 14.8. The van der Waals surface area contributed by atoms with Gasteiger partial charge in [-0.2, -0.15) is 0 Å². The number of amides is 1. The van der Waals surface area contributed by atoms with Crippen LogP contribution in [0.5, 0.6) is 11.5 Å². The number of thioether (sulfide) groups is 1. The molecule has 0 radical (unpaired) electrons. The van der Waals surface area contributed by atoms with E-state index >= 15 is 0 Å². The molecule has 1 N–H and O–H groups in total. The number of imidazole rings is 1. The number of carbonyl (C=O) groups is 1. The van der Waals surface area contributed by atoms with Crippen LogP contribution in [0, 0.1) is 6.92 Å². The van der Waals surface area contributed by atoms with Gasteiger partial charge in [-0.3, -0.25) is 18.7 Å². The number of benzene rings is 2. The van der Waals surface area contributed by atoms with Crippen molar-refractivity contribution in [2.45, 2.75) is 18.6 Å². The first-order valence-corrected chi connectivity index (χ1v) is 11.8. The van der Waals surface area contributed by atoms with Crippen LogP contribution in [0.15, 0.2) is 57.2 Å². The van der Waals surface area contributed by atoms with Gasteiger partial charge in [0.1, 0.15) is 0 Å². The maximum Gasteiger partial charge on any atom is 0.332 e. The number of ether oxygens (including phenoxy) is 2. The minimum absolute atomic E-state index is 0.0555. The van der Waals surface area contributed by atoms with E-state index in [1.165, 1.54) is 23.4 Å². The summed E-state index contributed by atoms with van der Waals surface area (Å²) in [6, 6.07) is 13.1. The van der Waals surface area contributed by atoms with Crippen LogP contribution in [0.3, 0.4) is 0 Å². The van der Waals surface area contributed by atoms with Gasteiger partial charge >= 0.3 is 5.69 Å². The second-order valence-corrected chi connectivity index (χ2v) is 9.19. The summed E-state index contributed by atoms with van der Waals surface area (Å²) in [7, 11) is 3.02. The van der Waals surface area contributed by atoms with Crippen LogP contribution in [-0.2, 0) is 25.4 Å². The first kappa shape index (κ1) is 22.8. The van der Waals surface area contributed by atoms with Crippen LogP contribution >= 0.6 is 11.8 Å². The average molecular weight is 494 g/mol. The van der Waals surface area contributed by atoms with Crippen molar-refractivity contribution in [1.29, 1.82) is 0 Å². The number of fused-ring (bicyclic) bond motifs is 2. The lowest BCUT2D eigenvalue weighted by molar-refractivity contribution is -0.113. The summed E-state index contributed by atoms with van der Waals surface area (Å²) in [5, 5.41) is 3.31.